The molecule has 0 fully saturated rings. The number of alkyl carbamates (subject to hydrolysis) is 1. The fourth-order valence-electron chi connectivity index (χ4n) is 2.27. The zero-order chi connectivity index (χ0) is 22.6. The molecule has 1 amide bonds. The Morgan fingerprint density at radius 3 is 2.37 bits per heavy atom. The van der Waals surface area contributed by atoms with Crippen molar-refractivity contribution in [3.63, 3.8) is 0 Å². The summed E-state index contributed by atoms with van der Waals surface area (Å²) in [5.41, 5.74) is 5.34. The molecule has 2 atom stereocenters. The molecule has 1 rings (SSSR count). The number of rotatable bonds is 13. The van der Waals surface area contributed by atoms with Gasteiger partial charge in [-0.3, -0.25) is 4.79 Å². The van der Waals surface area contributed by atoms with E-state index in [2.05, 4.69) is 22.4 Å². The minimum absolute atomic E-state index is 0.0808. The normalized spacial score (nSPS) is 13.5. The Balaban J connectivity index is 2.75. The number of nitrogens with zero attached hydrogens (tertiary/aromatic N) is 2. The molecule has 172 valence electrons. The summed E-state index contributed by atoms with van der Waals surface area (Å²) < 4.78 is 21.6. The first-order valence-corrected chi connectivity index (χ1v) is 10.5. The van der Waals surface area contributed by atoms with Gasteiger partial charge in [0, 0.05) is 6.61 Å². The molecule has 0 aromatic carbocycles. The molecule has 0 spiro atoms. The maximum absolute atomic E-state index is 12.2. The van der Waals surface area contributed by atoms with Crippen LogP contribution in [-0.2, 0) is 19.0 Å². The smallest absolute Gasteiger partial charge is 0.408 e. The van der Waals surface area contributed by atoms with Gasteiger partial charge < -0.3 is 29.7 Å². The van der Waals surface area contributed by atoms with E-state index in [9.17, 15) is 9.59 Å². The standard InChI is InChI=1S/C20H36N4O6/c1-6-8-10-27-13-15(22-19(26)30-20(3,4)5)18-24-23-17(29-18)14(21)12-16(25)28-11-9-7-2/h14-15H,6-13,21H2,1-5H3,(H,22,26)/t14-,15-/m0/s1. The molecule has 0 bridgehead atoms. The molecule has 0 aliphatic rings. The molecular formula is C20H36N4O6. The summed E-state index contributed by atoms with van der Waals surface area (Å²) in [4.78, 5) is 24.0. The number of aromatic nitrogens is 2. The lowest BCUT2D eigenvalue weighted by molar-refractivity contribution is -0.144. The van der Waals surface area contributed by atoms with Gasteiger partial charge in [-0.1, -0.05) is 26.7 Å². The quantitative estimate of drug-likeness (QED) is 0.358. The minimum Gasteiger partial charge on any atom is -0.466 e. The van der Waals surface area contributed by atoms with E-state index in [0.29, 0.717) is 13.2 Å². The highest BCUT2D eigenvalue weighted by Gasteiger charge is 2.26. The van der Waals surface area contributed by atoms with Crippen LogP contribution in [0.4, 0.5) is 4.79 Å². The van der Waals surface area contributed by atoms with Gasteiger partial charge in [-0.2, -0.15) is 0 Å². The highest BCUT2D eigenvalue weighted by atomic mass is 16.6. The lowest BCUT2D eigenvalue weighted by Gasteiger charge is -2.22. The van der Waals surface area contributed by atoms with E-state index in [4.69, 9.17) is 24.4 Å². The minimum atomic E-state index is -0.802. The first-order valence-electron chi connectivity index (χ1n) is 10.5. The van der Waals surface area contributed by atoms with Crippen LogP contribution in [0.1, 0.15) is 90.6 Å². The van der Waals surface area contributed by atoms with Crippen LogP contribution < -0.4 is 11.1 Å². The number of hydrogen-bond acceptors (Lipinski definition) is 9. The Morgan fingerprint density at radius 1 is 1.10 bits per heavy atom. The van der Waals surface area contributed by atoms with Gasteiger partial charge in [0.05, 0.1) is 25.7 Å². The van der Waals surface area contributed by atoms with Crippen LogP contribution in [-0.4, -0.2) is 47.7 Å². The number of carbonyl (C=O) groups excluding carboxylic acids is 2. The van der Waals surface area contributed by atoms with Crippen molar-refractivity contribution in [1.29, 1.82) is 0 Å². The van der Waals surface area contributed by atoms with Crippen LogP contribution >= 0.6 is 0 Å². The van der Waals surface area contributed by atoms with Crippen LogP contribution in [0, 0.1) is 0 Å². The van der Waals surface area contributed by atoms with Gasteiger partial charge in [-0.25, -0.2) is 4.79 Å². The molecule has 1 aromatic heterocycles. The number of unbranched alkanes of at least 4 members (excludes halogenated alkanes) is 2. The van der Waals surface area contributed by atoms with E-state index in [0.717, 1.165) is 25.7 Å². The predicted molar refractivity (Wildman–Crippen MR) is 110 cm³/mol. The molecule has 0 radical (unpaired) electrons. The number of nitrogens with two attached hydrogens (primary N) is 1. The molecule has 0 aliphatic carbocycles. The maximum atomic E-state index is 12.2. The van der Waals surface area contributed by atoms with E-state index < -0.39 is 29.7 Å². The van der Waals surface area contributed by atoms with Gasteiger partial charge in [-0.05, 0) is 33.6 Å². The molecule has 0 unspecified atom stereocenters. The van der Waals surface area contributed by atoms with Gasteiger partial charge in [-0.15, -0.1) is 10.2 Å². The Bertz CT molecular complexity index is 643. The second kappa shape index (κ2) is 13.2. The van der Waals surface area contributed by atoms with Crippen molar-refractivity contribution in [2.75, 3.05) is 19.8 Å². The molecule has 0 aliphatic heterocycles. The monoisotopic (exact) mass is 428 g/mol. The Labute approximate surface area is 178 Å². The van der Waals surface area contributed by atoms with Crippen LogP contribution in [0.5, 0.6) is 0 Å². The lowest BCUT2D eigenvalue weighted by Crippen LogP contribution is -2.37. The SMILES string of the molecule is CCCCOC[C@H](NC(=O)OC(C)(C)C)c1nnc([C@@H](N)CC(=O)OCCCC)o1. The number of esters is 1. The summed E-state index contributed by atoms with van der Waals surface area (Å²) >= 11 is 0. The number of hydrogen-bond donors (Lipinski definition) is 2. The summed E-state index contributed by atoms with van der Waals surface area (Å²) in [5, 5.41) is 10.6. The third-order valence-electron chi connectivity index (χ3n) is 3.84. The first-order chi connectivity index (χ1) is 14.2. The first kappa shape index (κ1) is 25.8. The van der Waals surface area contributed by atoms with Crippen molar-refractivity contribution in [1.82, 2.24) is 15.5 Å². The number of ether oxygens (including phenoxy) is 3. The van der Waals surface area contributed by atoms with E-state index in [1.807, 2.05) is 6.92 Å². The van der Waals surface area contributed by atoms with Crippen molar-refractivity contribution in [3.8, 4) is 0 Å². The number of amides is 1. The molecule has 0 saturated heterocycles. The van der Waals surface area contributed by atoms with Gasteiger partial charge in [0.2, 0.25) is 11.8 Å². The molecule has 1 heterocycles. The van der Waals surface area contributed by atoms with Gasteiger partial charge in [0.1, 0.15) is 11.6 Å². The largest absolute Gasteiger partial charge is 0.466 e. The molecule has 10 nitrogen and oxygen atoms in total. The highest BCUT2D eigenvalue weighted by molar-refractivity contribution is 5.70. The third-order valence-corrected chi connectivity index (χ3v) is 3.84. The molecule has 10 heteroatoms. The molecule has 30 heavy (non-hydrogen) atoms. The average Bonchev–Trinajstić information content (AvgIpc) is 3.13. The van der Waals surface area contributed by atoms with Crippen molar-refractivity contribution in [3.05, 3.63) is 11.8 Å². The van der Waals surface area contributed by atoms with E-state index in [1.165, 1.54) is 0 Å². The summed E-state index contributed by atoms with van der Waals surface area (Å²) in [6, 6.07) is -1.51. The molecule has 3 N–H and O–H groups in total. The van der Waals surface area contributed by atoms with E-state index >= 15 is 0 Å². The van der Waals surface area contributed by atoms with Crippen molar-refractivity contribution in [2.45, 2.75) is 84.4 Å². The van der Waals surface area contributed by atoms with Crippen LogP contribution in [0.2, 0.25) is 0 Å². The summed E-state index contributed by atoms with van der Waals surface area (Å²) in [7, 11) is 0. The molecule has 0 saturated carbocycles. The Morgan fingerprint density at radius 2 is 1.73 bits per heavy atom. The number of nitrogens with one attached hydrogen (secondary N) is 1. The van der Waals surface area contributed by atoms with Crippen molar-refractivity contribution in [2.24, 2.45) is 5.73 Å². The second-order valence-electron chi connectivity index (χ2n) is 7.99. The topological polar surface area (TPSA) is 139 Å². The Kier molecular flexibility index (Phi) is 11.3. The van der Waals surface area contributed by atoms with Crippen LogP contribution in [0.3, 0.4) is 0 Å². The van der Waals surface area contributed by atoms with Crippen LogP contribution in [0.25, 0.3) is 0 Å². The molecular weight excluding hydrogens is 392 g/mol. The summed E-state index contributed by atoms with van der Waals surface area (Å²) in [5.74, 6) is -0.217. The maximum Gasteiger partial charge on any atom is 0.408 e. The van der Waals surface area contributed by atoms with Gasteiger partial charge in [0.15, 0.2) is 0 Å². The highest BCUT2D eigenvalue weighted by Crippen LogP contribution is 2.19. The fourth-order valence-corrected chi connectivity index (χ4v) is 2.27. The average molecular weight is 429 g/mol. The number of carbonyl (C=O) groups is 2. The van der Waals surface area contributed by atoms with Crippen LogP contribution in [0.15, 0.2) is 4.42 Å². The zero-order valence-corrected chi connectivity index (χ0v) is 18.7. The predicted octanol–water partition coefficient (Wildman–Crippen LogP) is 3.19. The van der Waals surface area contributed by atoms with E-state index in [-0.39, 0.29) is 24.8 Å². The fraction of sp³-hybridized carbons (Fsp3) is 0.800. The van der Waals surface area contributed by atoms with Gasteiger partial charge >= 0.3 is 12.1 Å². The summed E-state index contributed by atoms with van der Waals surface area (Å²) in [6.07, 6.45) is 2.88. The second-order valence-corrected chi connectivity index (χ2v) is 7.99. The van der Waals surface area contributed by atoms with Gasteiger partial charge in [0.25, 0.3) is 0 Å². The van der Waals surface area contributed by atoms with Crippen molar-refractivity contribution >= 4 is 12.1 Å². The third kappa shape index (κ3) is 10.5. The summed E-state index contributed by atoms with van der Waals surface area (Å²) in [6.45, 7) is 10.4. The van der Waals surface area contributed by atoms with E-state index in [1.54, 1.807) is 20.8 Å². The molecule has 1 aromatic rings. The zero-order valence-electron chi connectivity index (χ0n) is 18.7. The van der Waals surface area contributed by atoms with Crippen molar-refractivity contribution < 1.29 is 28.2 Å². The Hall–Kier alpha value is -2.20. The lowest BCUT2D eigenvalue weighted by atomic mass is 10.2.